The highest BCUT2D eigenvalue weighted by Gasteiger charge is 2.79. The third kappa shape index (κ3) is 3.07. The molecule has 2 amide bonds. The number of anilines is 1. The second-order valence-corrected chi connectivity index (χ2v) is 9.10. The lowest BCUT2D eigenvalue weighted by atomic mass is 9.65. The van der Waals surface area contributed by atoms with Gasteiger partial charge in [0.05, 0.1) is 24.7 Å². The first-order chi connectivity index (χ1) is 15.3. The van der Waals surface area contributed by atoms with E-state index in [9.17, 15) is 19.5 Å². The van der Waals surface area contributed by atoms with Crippen molar-refractivity contribution in [1.82, 2.24) is 4.90 Å². The molecule has 4 rings (SSSR count). The average molecular weight is 445 g/mol. The van der Waals surface area contributed by atoms with E-state index in [0.29, 0.717) is 24.9 Å². The standard InChI is InChI=1S/C24H32N2O6/c1-5-23-10-11-24(32-23)16(17(23)22(30)31-6-2)21(29)26(12-13-27)19(24)20(28)25-18-14(3)8-7-9-15(18)4/h7-9,16-17,19,27H,5-6,10-13H2,1-4H3,(H,25,28)/t16-,17+,19?,23-,24?/m0/s1. The van der Waals surface area contributed by atoms with Crippen LogP contribution in [0.1, 0.15) is 44.2 Å². The summed E-state index contributed by atoms with van der Waals surface area (Å²) in [7, 11) is 0. The number of carbonyl (C=O) groups excluding carboxylic acids is 3. The number of rotatable bonds is 7. The van der Waals surface area contributed by atoms with Gasteiger partial charge in [0.2, 0.25) is 11.8 Å². The van der Waals surface area contributed by atoms with Gasteiger partial charge in [0, 0.05) is 12.2 Å². The van der Waals surface area contributed by atoms with E-state index in [1.165, 1.54) is 4.90 Å². The van der Waals surface area contributed by atoms with E-state index in [1.54, 1.807) is 6.92 Å². The number of benzene rings is 1. The molecule has 0 saturated carbocycles. The zero-order valence-electron chi connectivity index (χ0n) is 19.1. The topological polar surface area (TPSA) is 105 Å². The number of para-hydroxylation sites is 1. The molecule has 0 aromatic heterocycles. The number of carbonyl (C=O) groups is 3. The van der Waals surface area contributed by atoms with Crippen molar-refractivity contribution in [2.45, 2.75) is 64.2 Å². The molecular weight excluding hydrogens is 412 g/mol. The first-order valence-corrected chi connectivity index (χ1v) is 11.4. The molecule has 174 valence electrons. The van der Waals surface area contributed by atoms with Gasteiger partial charge in [-0.1, -0.05) is 25.1 Å². The summed E-state index contributed by atoms with van der Waals surface area (Å²) in [5.41, 5.74) is 0.608. The van der Waals surface area contributed by atoms with Crippen LogP contribution in [0.3, 0.4) is 0 Å². The Balaban J connectivity index is 1.76. The maximum Gasteiger partial charge on any atom is 0.312 e. The Bertz CT molecular complexity index is 928. The zero-order chi connectivity index (χ0) is 23.3. The Morgan fingerprint density at radius 3 is 2.53 bits per heavy atom. The number of ether oxygens (including phenoxy) is 2. The highest BCUT2D eigenvalue weighted by Crippen LogP contribution is 2.64. The first-order valence-electron chi connectivity index (χ1n) is 11.4. The van der Waals surface area contributed by atoms with Gasteiger partial charge in [0.25, 0.3) is 0 Å². The smallest absolute Gasteiger partial charge is 0.312 e. The molecule has 0 radical (unpaired) electrons. The molecule has 3 heterocycles. The fourth-order valence-electron chi connectivity index (χ4n) is 6.16. The fourth-order valence-corrected chi connectivity index (χ4v) is 6.16. The van der Waals surface area contributed by atoms with Crippen molar-refractivity contribution in [2.24, 2.45) is 11.8 Å². The third-order valence-corrected chi connectivity index (χ3v) is 7.54. The lowest BCUT2D eigenvalue weighted by molar-refractivity contribution is -0.160. The van der Waals surface area contributed by atoms with Crippen molar-refractivity contribution in [3.63, 3.8) is 0 Å². The lowest BCUT2D eigenvalue weighted by Crippen LogP contribution is -2.53. The first kappa shape index (κ1) is 22.7. The normalized spacial score (nSPS) is 32.8. The van der Waals surface area contributed by atoms with Crippen LogP contribution in [0.5, 0.6) is 0 Å². The number of aryl methyl sites for hydroxylation is 2. The second-order valence-electron chi connectivity index (χ2n) is 9.10. The minimum absolute atomic E-state index is 0.0000453. The fraction of sp³-hybridized carbons (Fsp3) is 0.625. The molecule has 2 bridgehead atoms. The van der Waals surface area contributed by atoms with Gasteiger partial charge in [-0.25, -0.2) is 0 Å². The highest BCUT2D eigenvalue weighted by atomic mass is 16.6. The number of fused-ring (bicyclic) bond motifs is 1. The summed E-state index contributed by atoms with van der Waals surface area (Å²) in [6.07, 6.45) is 1.63. The largest absolute Gasteiger partial charge is 0.466 e. The van der Waals surface area contributed by atoms with E-state index in [4.69, 9.17) is 9.47 Å². The van der Waals surface area contributed by atoms with Crippen LogP contribution in [0.4, 0.5) is 5.69 Å². The van der Waals surface area contributed by atoms with Crippen molar-refractivity contribution >= 4 is 23.5 Å². The summed E-state index contributed by atoms with van der Waals surface area (Å²) in [5.74, 6) is -2.69. The monoisotopic (exact) mass is 444 g/mol. The quantitative estimate of drug-likeness (QED) is 0.623. The number of amides is 2. The van der Waals surface area contributed by atoms with Gasteiger partial charge in [0.1, 0.15) is 17.6 Å². The molecule has 1 spiro atoms. The number of aliphatic hydroxyl groups is 1. The molecule has 8 heteroatoms. The number of nitrogens with one attached hydrogen (secondary N) is 1. The van der Waals surface area contributed by atoms with Crippen LogP contribution in [-0.2, 0) is 23.9 Å². The molecular formula is C24H32N2O6. The van der Waals surface area contributed by atoms with E-state index in [2.05, 4.69) is 5.32 Å². The predicted octanol–water partition coefficient (Wildman–Crippen LogP) is 1.95. The van der Waals surface area contributed by atoms with Crippen LogP contribution in [-0.4, -0.2) is 64.8 Å². The Hall–Kier alpha value is -2.45. The van der Waals surface area contributed by atoms with Gasteiger partial charge in [-0.2, -0.15) is 0 Å². The van der Waals surface area contributed by atoms with Gasteiger partial charge < -0.3 is 24.8 Å². The van der Waals surface area contributed by atoms with Crippen LogP contribution >= 0.6 is 0 Å². The SMILES string of the molecule is CCOC(=O)[C@H]1[C@H]2C(=O)N(CCO)C(C(=O)Nc3c(C)cccc3C)C23CC[C@]1(CC)O3. The van der Waals surface area contributed by atoms with Crippen LogP contribution < -0.4 is 5.32 Å². The Morgan fingerprint density at radius 1 is 1.25 bits per heavy atom. The molecule has 3 saturated heterocycles. The molecule has 1 aromatic rings. The molecule has 2 N–H and O–H groups in total. The number of hydrogen-bond donors (Lipinski definition) is 2. The maximum absolute atomic E-state index is 13.7. The van der Waals surface area contributed by atoms with Gasteiger partial charge in [-0.05, 0) is 51.2 Å². The van der Waals surface area contributed by atoms with Crippen molar-refractivity contribution in [3.05, 3.63) is 29.3 Å². The Labute approximate surface area is 188 Å². The number of β-amino-alcohol motifs (C(OH)–C–C–N with tert-alkyl or cyclic N) is 1. The van der Waals surface area contributed by atoms with Crippen LogP contribution in [0, 0.1) is 25.7 Å². The number of likely N-dealkylation sites (tertiary alicyclic amines) is 1. The van der Waals surface area contributed by atoms with Crippen LogP contribution in [0.2, 0.25) is 0 Å². The van der Waals surface area contributed by atoms with Crippen molar-refractivity contribution < 1.29 is 29.0 Å². The van der Waals surface area contributed by atoms with E-state index in [-0.39, 0.29) is 31.6 Å². The number of nitrogens with zero attached hydrogens (tertiary/aromatic N) is 1. The molecule has 5 atom stereocenters. The lowest BCUT2D eigenvalue weighted by Gasteiger charge is -2.33. The minimum Gasteiger partial charge on any atom is -0.466 e. The van der Waals surface area contributed by atoms with Gasteiger partial charge in [-0.15, -0.1) is 0 Å². The summed E-state index contributed by atoms with van der Waals surface area (Å²) in [6.45, 7) is 7.42. The molecule has 3 aliphatic heterocycles. The van der Waals surface area contributed by atoms with E-state index < -0.39 is 35.0 Å². The van der Waals surface area contributed by atoms with Crippen molar-refractivity contribution in [3.8, 4) is 0 Å². The summed E-state index contributed by atoms with van der Waals surface area (Å²) >= 11 is 0. The number of esters is 1. The molecule has 1 aromatic carbocycles. The summed E-state index contributed by atoms with van der Waals surface area (Å²) in [4.78, 5) is 41.7. The van der Waals surface area contributed by atoms with E-state index in [1.807, 2.05) is 39.0 Å². The third-order valence-electron chi connectivity index (χ3n) is 7.54. The molecule has 0 aliphatic carbocycles. The van der Waals surface area contributed by atoms with E-state index >= 15 is 0 Å². The highest BCUT2D eigenvalue weighted by molar-refractivity contribution is 6.04. The molecule has 8 nitrogen and oxygen atoms in total. The predicted molar refractivity (Wildman–Crippen MR) is 117 cm³/mol. The molecule has 32 heavy (non-hydrogen) atoms. The van der Waals surface area contributed by atoms with Gasteiger partial charge in [-0.3, -0.25) is 14.4 Å². The van der Waals surface area contributed by atoms with Gasteiger partial charge in [0.15, 0.2) is 0 Å². The zero-order valence-corrected chi connectivity index (χ0v) is 19.1. The van der Waals surface area contributed by atoms with Gasteiger partial charge >= 0.3 is 5.97 Å². The average Bonchev–Trinajstić information content (AvgIpc) is 3.35. The van der Waals surface area contributed by atoms with Crippen molar-refractivity contribution in [1.29, 1.82) is 0 Å². The Kier molecular flexibility index (Phi) is 5.79. The maximum atomic E-state index is 13.7. The van der Waals surface area contributed by atoms with Crippen molar-refractivity contribution in [2.75, 3.05) is 25.1 Å². The summed E-state index contributed by atoms with van der Waals surface area (Å²) in [6, 6.07) is 4.81. The summed E-state index contributed by atoms with van der Waals surface area (Å²) in [5, 5.41) is 12.7. The molecule has 3 aliphatic rings. The summed E-state index contributed by atoms with van der Waals surface area (Å²) < 4.78 is 11.9. The second kappa shape index (κ2) is 8.15. The van der Waals surface area contributed by atoms with E-state index in [0.717, 1.165) is 11.1 Å². The minimum atomic E-state index is -1.11. The molecule has 2 unspecified atom stereocenters. The molecule has 3 fully saturated rings. The van der Waals surface area contributed by atoms with Crippen LogP contribution in [0.25, 0.3) is 0 Å². The number of aliphatic hydroxyl groups excluding tert-OH is 1. The Morgan fingerprint density at radius 2 is 1.94 bits per heavy atom. The number of hydrogen-bond acceptors (Lipinski definition) is 6. The van der Waals surface area contributed by atoms with Crippen LogP contribution in [0.15, 0.2) is 18.2 Å².